The normalized spacial score (nSPS) is 11.6. The lowest BCUT2D eigenvalue weighted by Crippen LogP contribution is -2.07. The maximum Gasteiger partial charge on any atom is 0.419 e. The van der Waals surface area contributed by atoms with Crippen LogP contribution in [-0.2, 0) is 6.18 Å². The van der Waals surface area contributed by atoms with E-state index in [9.17, 15) is 22.0 Å². The van der Waals surface area contributed by atoms with Gasteiger partial charge in [-0.15, -0.1) is 0 Å². The van der Waals surface area contributed by atoms with E-state index in [1.165, 1.54) is 12.1 Å². The first-order valence-electron chi connectivity index (χ1n) is 5.00. The van der Waals surface area contributed by atoms with Crippen LogP contribution < -0.4 is 0 Å². The highest BCUT2D eigenvalue weighted by molar-refractivity contribution is 5.63. The zero-order valence-corrected chi connectivity index (χ0v) is 8.93. The number of hydrogen-bond acceptors (Lipinski definition) is 0. The van der Waals surface area contributed by atoms with Crippen molar-refractivity contribution in [1.29, 1.82) is 0 Å². The van der Waals surface area contributed by atoms with Crippen LogP contribution in [0.25, 0.3) is 11.1 Å². The fraction of sp³-hybridized carbons (Fsp3) is 0.0769. The third-order valence-corrected chi connectivity index (χ3v) is 2.45. The Labute approximate surface area is 99.7 Å². The molecular weight excluding hydrogens is 251 g/mol. The van der Waals surface area contributed by atoms with Crippen LogP contribution in [-0.4, -0.2) is 0 Å². The Bertz CT molecular complexity index is 555. The van der Waals surface area contributed by atoms with Gasteiger partial charge in [0.1, 0.15) is 11.6 Å². The summed E-state index contributed by atoms with van der Waals surface area (Å²) in [6.45, 7) is 0. The summed E-state index contributed by atoms with van der Waals surface area (Å²) in [5, 5.41) is 0. The van der Waals surface area contributed by atoms with E-state index in [1.54, 1.807) is 0 Å². The van der Waals surface area contributed by atoms with Crippen molar-refractivity contribution in [1.82, 2.24) is 0 Å². The SMILES string of the molecule is Fc1ccc(-c2ccc(C(F)(F)F)c(F)c2)cc1. The molecule has 0 heterocycles. The van der Waals surface area contributed by atoms with Gasteiger partial charge in [-0.05, 0) is 35.4 Å². The van der Waals surface area contributed by atoms with Crippen molar-refractivity contribution in [2.24, 2.45) is 0 Å². The monoisotopic (exact) mass is 258 g/mol. The van der Waals surface area contributed by atoms with E-state index < -0.39 is 23.4 Å². The van der Waals surface area contributed by atoms with Crippen molar-refractivity contribution < 1.29 is 22.0 Å². The summed E-state index contributed by atoms with van der Waals surface area (Å²) in [6, 6.07) is 7.67. The molecule has 0 radical (unpaired) electrons. The second-order valence-electron chi connectivity index (χ2n) is 3.70. The van der Waals surface area contributed by atoms with Crippen LogP contribution in [0, 0.1) is 11.6 Å². The minimum Gasteiger partial charge on any atom is -0.207 e. The Morgan fingerprint density at radius 2 is 1.28 bits per heavy atom. The minimum atomic E-state index is -4.72. The van der Waals surface area contributed by atoms with E-state index in [1.807, 2.05) is 0 Å². The molecule has 0 fully saturated rings. The van der Waals surface area contributed by atoms with Crippen LogP contribution in [0.2, 0.25) is 0 Å². The first-order chi connectivity index (χ1) is 8.38. The molecule has 0 aliphatic heterocycles. The first-order valence-corrected chi connectivity index (χ1v) is 5.00. The van der Waals surface area contributed by atoms with Gasteiger partial charge in [-0.25, -0.2) is 8.78 Å². The Balaban J connectivity index is 2.43. The molecule has 0 saturated heterocycles. The standard InChI is InChI=1S/C13H7F5/c14-10-4-1-8(2-5-10)9-3-6-11(12(15)7-9)13(16,17)18/h1-7H. The molecule has 5 heteroatoms. The molecule has 0 aliphatic rings. The van der Waals surface area contributed by atoms with Crippen molar-refractivity contribution in [2.45, 2.75) is 6.18 Å². The van der Waals surface area contributed by atoms with E-state index in [0.717, 1.165) is 24.3 Å². The average molecular weight is 258 g/mol. The molecule has 2 aromatic rings. The third kappa shape index (κ3) is 2.50. The Morgan fingerprint density at radius 1 is 0.722 bits per heavy atom. The molecule has 0 atom stereocenters. The van der Waals surface area contributed by atoms with Gasteiger partial charge in [0.05, 0.1) is 5.56 Å². The van der Waals surface area contributed by atoms with Crippen LogP contribution in [0.1, 0.15) is 5.56 Å². The fourth-order valence-electron chi connectivity index (χ4n) is 1.57. The predicted molar refractivity (Wildman–Crippen MR) is 56.8 cm³/mol. The molecular formula is C13H7F5. The van der Waals surface area contributed by atoms with Gasteiger partial charge in [0.2, 0.25) is 0 Å². The molecule has 2 aromatic carbocycles. The molecule has 0 amide bonds. The number of rotatable bonds is 1. The molecule has 0 aliphatic carbocycles. The summed E-state index contributed by atoms with van der Waals surface area (Å²) in [6.07, 6.45) is -4.72. The smallest absolute Gasteiger partial charge is 0.207 e. The minimum absolute atomic E-state index is 0.264. The van der Waals surface area contributed by atoms with Crippen LogP contribution in [0.5, 0.6) is 0 Å². The maximum absolute atomic E-state index is 13.3. The zero-order valence-electron chi connectivity index (χ0n) is 8.93. The van der Waals surface area contributed by atoms with E-state index in [-0.39, 0.29) is 5.56 Å². The molecule has 0 aromatic heterocycles. The van der Waals surface area contributed by atoms with Gasteiger partial charge in [0, 0.05) is 0 Å². The van der Waals surface area contributed by atoms with Gasteiger partial charge in [0.25, 0.3) is 0 Å². The van der Waals surface area contributed by atoms with Crippen LogP contribution >= 0.6 is 0 Å². The third-order valence-electron chi connectivity index (χ3n) is 2.45. The molecule has 94 valence electrons. The lowest BCUT2D eigenvalue weighted by Gasteiger charge is -2.09. The Kier molecular flexibility index (Phi) is 3.07. The van der Waals surface area contributed by atoms with Gasteiger partial charge in [-0.1, -0.05) is 18.2 Å². The largest absolute Gasteiger partial charge is 0.419 e. The van der Waals surface area contributed by atoms with E-state index >= 15 is 0 Å². The van der Waals surface area contributed by atoms with Gasteiger partial charge < -0.3 is 0 Å². The summed E-state index contributed by atoms with van der Waals surface area (Å²) < 4.78 is 63.0. The van der Waals surface area contributed by atoms with Crippen molar-refractivity contribution in [3.05, 3.63) is 59.7 Å². The quantitative estimate of drug-likeness (QED) is 0.653. The molecule has 0 saturated carbocycles. The van der Waals surface area contributed by atoms with Crippen LogP contribution in [0.3, 0.4) is 0 Å². The van der Waals surface area contributed by atoms with Crippen LogP contribution in [0.15, 0.2) is 42.5 Å². The molecule has 2 rings (SSSR count). The molecule has 0 unspecified atom stereocenters. The van der Waals surface area contributed by atoms with E-state index in [0.29, 0.717) is 11.6 Å². The summed E-state index contributed by atoms with van der Waals surface area (Å²) in [7, 11) is 0. The zero-order chi connectivity index (χ0) is 13.3. The first kappa shape index (κ1) is 12.5. The maximum atomic E-state index is 13.3. The Hall–Kier alpha value is -1.91. The van der Waals surface area contributed by atoms with Gasteiger partial charge in [0.15, 0.2) is 0 Å². The molecule has 0 spiro atoms. The van der Waals surface area contributed by atoms with Crippen LogP contribution in [0.4, 0.5) is 22.0 Å². The van der Waals surface area contributed by atoms with Crippen molar-refractivity contribution in [2.75, 3.05) is 0 Å². The number of alkyl halides is 3. The van der Waals surface area contributed by atoms with Gasteiger partial charge >= 0.3 is 6.18 Å². The van der Waals surface area contributed by atoms with E-state index in [4.69, 9.17) is 0 Å². The van der Waals surface area contributed by atoms with Crippen molar-refractivity contribution >= 4 is 0 Å². The lowest BCUT2D eigenvalue weighted by atomic mass is 10.0. The summed E-state index contributed by atoms with van der Waals surface area (Å²) in [5.41, 5.74) is -0.599. The number of halogens is 5. The summed E-state index contributed by atoms with van der Waals surface area (Å²) in [4.78, 5) is 0. The molecule has 0 N–H and O–H groups in total. The number of benzene rings is 2. The fourth-order valence-corrected chi connectivity index (χ4v) is 1.57. The highest BCUT2D eigenvalue weighted by atomic mass is 19.4. The molecule has 18 heavy (non-hydrogen) atoms. The lowest BCUT2D eigenvalue weighted by molar-refractivity contribution is -0.139. The van der Waals surface area contributed by atoms with Crippen molar-refractivity contribution in [3.8, 4) is 11.1 Å². The summed E-state index contributed by atoms with van der Waals surface area (Å²) >= 11 is 0. The molecule has 0 nitrogen and oxygen atoms in total. The summed E-state index contributed by atoms with van der Waals surface area (Å²) in [5.74, 6) is -1.81. The van der Waals surface area contributed by atoms with Gasteiger partial charge in [-0.2, -0.15) is 13.2 Å². The highest BCUT2D eigenvalue weighted by Crippen LogP contribution is 2.33. The second kappa shape index (κ2) is 4.40. The second-order valence-corrected chi connectivity index (χ2v) is 3.70. The topological polar surface area (TPSA) is 0 Å². The number of hydrogen-bond donors (Lipinski definition) is 0. The highest BCUT2D eigenvalue weighted by Gasteiger charge is 2.33. The Morgan fingerprint density at radius 3 is 1.78 bits per heavy atom. The van der Waals surface area contributed by atoms with E-state index in [2.05, 4.69) is 0 Å². The van der Waals surface area contributed by atoms with Gasteiger partial charge in [-0.3, -0.25) is 0 Å². The van der Waals surface area contributed by atoms with Crippen molar-refractivity contribution in [3.63, 3.8) is 0 Å². The molecule has 0 bridgehead atoms. The average Bonchev–Trinajstić information content (AvgIpc) is 2.28. The predicted octanol–water partition coefficient (Wildman–Crippen LogP) is 4.65.